The summed E-state index contributed by atoms with van der Waals surface area (Å²) in [6.07, 6.45) is 1.41. The normalized spacial score (nSPS) is 12.7. The van der Waals surface area contributed by atoms with Gasteiger partial charge in [0.2, 0.25) is 11.8 Å². The lowest BCUT2D eigenvalue weighted by atomic mass is 10.1. The Balaban J connectivity index is 2.13. The molecule has 2 rings (SSSR count). The third kappa shape index (κ3) is 7.90. The summed E-state index contributed by atoms with van der Waals surface area (Å²) >= 11 is 1.58. The molecule has 2 amide bonds. The molecule has 0 aliphatic rings. The van der Waals surface area contributed by atoms with E-state index in [0.717, 1.165) is 23.5 Å². The van der Waals surface area contributed by atoms with Crippen LogP contribution in [0.4, 0.5) is 0 Å². The van der Waals surface area contributed by atoms with Crippen LogP contribution in [0.5, 0.6) is 5.75 Å². The Labute approximate surface area is 196 Å². The molecule has 6 heteroatoms. The first-order valence-electron chi connectivity index (χ1n) is 11.2. The smallest absolute Gasteiger partial charge is 0.243 e. The minimum Gasteiger partial charge on any atom is -0.497 e. The molecule has 0 aromatic heterocycles. The average molecular weight is 457 g/mol. The number of methoxy groups -OCH3 is 1. The molecule has 0 aliphatic heterocycles. The second-order valence-corrected chi connectivity index (χ2v) is 9.08. The lowest BCUT2D eigenvalue weighted by Gasteiger charge is -2.31. The molecule has 0 spiro atoms. The monoisotopic (exact) mass is 456 g/mol. The molecular formula is C26H36N2O3S. The minimum atomic E-state index is -0.501. The Bertz CT molecular complexity index is 852. The molecule has 0 saturated heterocycles. The summed E-state index contributed by atoms with van der Waals surface area (Å²) in [5.41, 5.74) is 3.38. The highest BCUT2D eigenvalue weighted by atomic mass is 32.2. The minimum absolute atomic E-state index is 0.0240. The molecule has 2 atom stereocenters. The van der Waals surface area contributed by atoms with Gasteiger partial charge in [-0.2, -0.15) is 0 Å². The Hall–Kier alpha value is -2.47. The number of benzene rings is 2. The summed E-state index contributed by atoms with van der Waals surface area (Å²) in [5, 5.41) is 3.05. The van der Waals surface area contributed by atoms with Crippen LogP contribution in [0.3, 0.4) is 0 Å². The van der Waals surface area contributed by atoms with Gasteiger partial charge in [-0.1, -0.05) is 55.8 Å². The van der Waals surface area contributed by atoms with E-state index in [1.807, 2.05) is 45.0 Å². The van der Waals surface area contributed by atoms with Gasteiger partial charge in [0.15, 0.2) is 0 Å². The third-order valence-corrected chi connectivity index (χ3v) is 6.50. The maximum atomic E-state index is 13.3. The first-order valence-corrected chi connectivity index (χ1v) is 12.4. The Morgan fingerprint density at radius 2 is 1.62 bits per heavy atom. The molecule has 0 unspecified atom stereocenters. The van der Waals surface area contributed by atoms with Gasteiger partial charge in [-0.25, -0.2) is 0 Å². The van der Waals surface area contributed by atoms with Gasteiger partial charge < -0.3 is 15.0 Å². The van der Waals surface area contributed by atoms with E-state index in [1.165, 1.54) is 11.1 Å². The number of ether oxygens (including phenoxy) is 1. The number of amides is 2. The van der Waals surface area contributed by atoms with E-state index in [4.69, 9.17) is 4.74 Å². The number of nitrogens with zero attached hydrogens (tertiary/aromatic N) is 1. The van der Waals surface area contributed by atoms with Crippen LogP contribution in [0.2, 0.25) is 0 Å². The van der Waals surface area contributed by atoms with Crippen molar-refractivity contribution in [3.05, 3.63) is 65.2 Å². The van der Waals surface area contributed by atoms with Gasteiger partial charge in [0, 0.05) is 18.3 Å². The van der Waals surface area contributed by atoms with Crippen LogP contribution in [0, 0.1) is 6.92 Å². The molecule has 174 valence electrons. The van der Waals surface area contributed by atoms with E-state index in [-0.39, 0.29) is 17.9 Å². The van der Waals surface area contributed by atoms with E-state index < -0.39 is 6.04 Å². The van der Waals surface area contributed by atoms with E-state index in [0.29, 0.717) is 18.7 Å². The Morgan fingerprint density at radius 3 is 2.19 bits per heavy atom. The lowest BCUT2D eigenvalue weighted by molar-refractivity contribution is -0.139. The van der Waals surface area contributed by atoms with Crippen LogP contribution in [0.15, 0.2) is 48.5 Å². The van der Waals surface area contributed by atoms with Crippen molar-refractivity contribution in [3.63, 3.8) is 0 Å². The highest BCUT2D eigenvalue weighted by molar-refractivity contribution is 7.99. The van der Waals surface area contributed by atoms with Crippen LogP contribution in [0.25, 0.3) is 0 Å². The Kier molecular flexibility index (Phi) is 10.6. The van der Waals surface area contributed by atoms with Gasteiger partial charge in [0.05, 0.1) is 12.9 Å². The van der Waals surface area contributed by atoms with Gasteiger partial charge in [0.25, 0.3) is 0 Å². The molecule has 2 aromatic rings. The number of nitrogens with one attached hydrogen (secondary N) is 1. The highest BCUT2D eigenvalue weighted by Gasteiger charge is 2.29. The van der Waals surface area contributed by atoms with Gasteiger partial charge in [0.1, 0.15) is 11.8 Å². The van der Waals surface area contributed by atoms with Gasteiger partial charge in [-0.15, -0.1) is 11.8 Å². The first kappa shape index (κ1) is 25.8. The van der Waals surface area contributed by atoms with E-state index >= 15 is 0 Å². The number of carbonyl (C=O) groups is 2. The van der Waals surface area contributed by atoms with Crippen LogP contribution in [-0.2, 0) is 21.9 Å². The summed E-state index contributed by atoms with van der Waals surface area (Å²) in [4.78, 5) is 28.0. The second-order valence-electron chi connectivity index (χ2n) is 8.09. The van der Waals surface area contributed by atoms with Crippen LogP contribution in [0.1, 0.15) is 50.3 Å². The van der Waals surface area contributed by atoms with Crippen molar-refractivity contribution in [2.45, 2.75) is 64.9 Å². The molecule has 0 heterocycles. The second kappa shape index (κ2) is 13.2. The zero-order valence-electron chi connectivity index (χ0n) is 19.9. The van der Waals surface area contributed by atoms with E-state index in [2.05, 4.69) is 36.5 Å². The van der Waals surface area contributed by atoms with Crippen LogP contribution < -0.4 is 10.1 Å². The average Bonchev–Trinajstić information content (AvgIpc) is 2.80. The van der Waals surface area contributed by atoms with Crippen molar-refractivity contribution >= 4 is 23.6 Å². The molecule has 0 fully saturated rings. The molecule has 5 nitrogen and oxygen atoms in total. The predicted octanol–water partition coefficient (Wildman–Crippen LogP) is 4.96. The number of hydrogen-bond acceptors (Lipinski definition) is 4. The first-order chi connectivity index (χ1) is 15.4. The molecule has 0 bridgehead atoms. The summed E-state index contributed by atoms with van der Waals surface area (Å²) in [7, 11) is 1.63. The SMILES string of the molecule is CC[C@@H](C)NC(=O)[C@@H](CC)N(Cc1ccc(OC)cc1)C(=O)CSCc1ccc(C)cc1. The van der Waals surface area contributed by atoms with Crippen LogP contribution >= 0.6 is 11.8 Å². The summed E-state index contributed by atoms with van der Waals surface area (Å²) in [6, 6.07) is 15.6. The maximum Gasteiger partial charge on any atom is 0.243 e. The molecule has 32 heavy (non-hydrogen) atoms. The zero-order chi connectivity index (χ0) is 23.5. The van der Waals surface area contributed by atoms with Gasteiger partial charge in [-0.3, -0.25) is 9.59 Å². The summed E-state index contributed by atoms with van der Waals surface area (Å²) in [5.74, 6) is 1.74. The Morgan fingerprint density at radius 1 is 1.00 bits per heavy atom. The van der Waals surface area contributed by atoms with Crippen molar-refractivity contribution in [2.24, 2.45) is 0 Å². The van der Waals surface area contributed by atoms with Gasteiger partial charge >= 0.3 is 0 Å². The fourth-order valence-electron chi connectivity index (χ4n) is 3.31. The predicted molar refractivity (Wildman–Crippen MR) is 133 cm³/mol. The fraction of sp³-hybridized carbons (Fsp3) is 0.462. The number of rotatable bonds is 12. The molecule has 1 N–H and O–H groups in total. The number of carbonyl (C=O) groups excluding carboxylic acids is 2. The molecule has 0 aliphatic carbocycles. The number of thioether (sulfide) groups is 1. The van der Waals surface area contributed by atoms with Crippen molar-refractivity contribution < 1.29 is 14.3 Å². The van der Waals surface area contributed by atoms with Crippen molar-refractivity contribution in [3.8, 4) is 5.75 Å². The molecule has 2 aromatic carbocycles. The topological polar surface area (TPSA) is 58.6 Å². The van der Waals surface area contributed by atoms with Crippen molar-refractivity contribution in [1.29, 1.82) is 0 Å². The summed E-state index contributed by atoms with van der Waals surface area (Å²) in [6.45, 7) is 8.42. The standard InChI is InChI=1S/C26H36N2O3S/c1-6-20(4)27-26(30)24(7-2)28(16-21-12-14-23(31-5)15-13-21)25(29)18-32-17-22-10-8-19(3)9-11-22/h8-15,20,24H,6-7,16-18H2,1-5H3,(H,27,30)/t20-,24-/m1/s1. The van der Waals surface area contributed by atoms with Gasteiger partial charge in [-0.05, 0) is 49.9 Å². The number of aryl methyl sites for hydroxylation is 1. The fourth-order valence-corrected chi connectivity index (χ4v) is 4.18. The van der Waals surface area contributed by atoms with Crippen molar-refractivity contribution in [1.82, 2.24) is 10.2 Å². The number of hydrogen-bond donors (Lipinski definition) is 1. The lowest BCUT2D eigenvalue weighted by Crippen LogP contribution is -2.51. The highest BCUT2D eigenvalue weighted by Crippen LogP contribution is 2.19. The molecular weight excluding hydrogens is 420 g/mol. The molecule has 0 radical (unpaired) electrons. The van der Waals surface area contributed by atoms with E-state index in [9.17, 15) is 9.59 Å². The van der Waals surface area contributed by atoms with Crippen LogP contribution in [-0.4, -0.2) is 41.7 Å². The summed E-state index contributed by atoms with van der Waals surface area (Å²) < 4.78 is 5.24. The zero-order valence-corrected chi connectivity index (χ0v) is 20.7. The van der Waals surface area contributed by atoms with Crippen molar-refractivity contribution in [2.75, 3.05) is 12.9 Å². The largest absolute Gasteiger partial charge is 0.497 e. The van der Waals surface area contributed by atoms with E-state index in [1.54, 1.807) is 23.8 Å². The maximum absolute atomic E-state index is 13.3. The molecule has 0 saturated carbocycles. The third-order valence-electron chi connectivity index (χ3n) is 5.51. The quantitative estimate of drug-likeness (QED) is 0.490.